The van der Waals surface area contributed by atoms with Crippen LogP contribution in [0.2, 0.25) is 0 Å². The van der Waals surface area contributed by atoms with Crippen LogP contribution < -0.4 is 5.32 Å². The van der Waals surface area contributed by atoms with Gasteiger partial charge in [0.05, 0.1) is 0 Å². The number of nitrogens with zero attached hydrogens (tertiary/aromatic N) is 2. The molecule has 0 aromatic heterocycles. The van der Waals surface area contributed by atoms with Crippen LogP contribution in [0.3, 0.4) is 0 Å². The highest BCUT2D eigenvalue weighted by Gasteiger charge is 2.29. The number of hydrogen-bond donors (Lipinski definition) is 1. The Bertz CT molecular complexity index is 432. The van der Waals surface area contributed by atoms with Gasteiger partial charge in [-0.05, 0) is 44.6 Å². The van der Waals surface area contributed by atoms with E-state index in [0.717, 1.165) is 13.1 Å². The Balaban J connectivity index is 1.79. The summed E-state index contributed by atoms with van der Waals surface area (Å²) in [4.78, 5) is 5.06. The van der Waals surface area contributed by atoms with E-state index in [1.807, 2.05) is 0 Å². The van der Waals surface area contributed by atoms with Gasteiger partial charge in [-0.1, -0.05) is 24.3 Å². The summed E-state index contributed by atoms with van der Waals surface area (Å²) in [6.07, 6.45) is 2.66. The number of likely N-dealkylation sites (N-methyl/N-ethyl adjacent to an activating group) is 2. The molecular formula is C16H25N3. The van der Waals surface area contributed by atoms with Gasteiger partial charge in [0.1, 0.15) is 0 Å². The van der Waals surface area contributed by atoms with Gasteiger partial charge < -0.3 is 10.2 Å². The van der Waals surface area contributed by atoms with Crippen molar-refractivity contribution in [2.45, 2.75) is 31.5 Å². The van der Waals surface area contributed by atoms with Crippen LogP contribution in [0, 0.1) is 0 Å². The molecule has 19 heavy (non-hydrogen) atoms. The summed E-state index contributed by atoms with van der Waals surface area (Å²) < 4.78 is 0. The Kier molecular flexibility index (Phi) is 3.87. The normalized spacial score (nSPS) is 28.4. The molecule has 104 valence electrons. The van der Waals surface area contributed by atoms with Crippen LogP contribution in [0.4, 0.5) is 0 Å². The third-order valence-electron chi connectivity index (χ3n) is 4.73. The van der Waals surface area contributed by atoms with Crippen molar-refractivity contribution in [3.05, 3.63) is 35.4 Å². The van der Waals surface area contributed by atoms with Gasteiger partial charge in [0.2, 0.25) is 0 Å². The Hall–Kier alpha value is -0.900. The monoisotopic (exact) mass is 259 g/mol. The third-order valence-corrected chi connectivity index (χ3v) is 4.73. The Labute approximate surface area is 116 Å². The molecule has 0 spiro atoms. The zero-order valence-corrected chi connectivity index (χ0v) is 12.1. The summed E-state index contributed by atoms with van der Waals surface area (Å²) in [7, 11) is 4.55. The molecule has 2 aliphatic rings. The van der Waals surface area contributed by atoms with Crippen molar-refractivity contribution in [1.82, 2.24) is 15.1 Å². The molecule has 2 aliphatic heterocycles. The van der Waals surface area contributed by atoms with Crippen LogP contribution in [0.1, 0.15) is 30.0 Å². The lowest BCUT2D eigenvalue weighted by Crippen LogP contribution is -2.49. The lowest BCUT2D eigenvalue weighted by Gasteiger charge is -2.42. The standard InChI is InChI=1S/C16H25N3/c1-18-9-5-7-14(12-18)19(2)16-11-17-10-13-6-3-4-8-15(13)16/h3-4,6,8,14,16-17H,5,7,9-12H2,1-2H3. The molecule has 3 heteroatoms. The first-order chi connectivity index (χ1) is 9.25. The number of piperidine rings is 1. The van der Waals surface area contributed by atoms with Crippen LogP contribution in [0.5, 0.6) is 0 Å². The molecule has 0 aliphatic carbocycles. The van der Waals surface area contributed by atoms with E-state index in [1.54, 1.807) is 0 Å². The highest BCUT2D eigenvalue weighted by Crippen LogP contribution is 2.29. The summed E-state index contributed by atoms with van der Waals surface area (Å²) in [5.74, 6) is 0. The maximum atomic E-state index is 3.57. The minimum atomic E-state index is 0.529. The molecule has 3 rings (SSSR count). The second kappa shape index (κ2) is 5.61. The van der Waals surface area contributed by atoms with Gasteiger partial charge >= 0.3 is 0 Å². The maximum absolute atomic E-state index is 3.57. The molecule has 0 saturated carbocycles. The van der Waals surface area contributed by atoms with E-state index in [1.165, 1.54) is 37.1 Å². The molecule has 0 amide bonds. The minimum Gasteiger partial charge on any atom is -0.311 e. The molecule has 2 heterocycles. The van der Waals surface area contributed by atoms with Crippen molar-refractivity contribution in [3.8, 4) is 0 Å². The number of benzene rings is 1. The van der Waals surface area contributed by atoms with Crippen molar-refractivity contribution < 1.29 is 0 Å². The van der Waals surface area contributed by atoms with E-state index in [9.17, 15) is 0 Å². The summed E-state index contributed by atoms with van der Waals surface area (Å²) in [6, 6.07) is 10.1. The minimum absolute atomic E-state index is 0.529. The van der Waals surface area contributed by atoms with E-state index in [4.69, 9.17) is 0 Å². The predicted octanol–water partition coefficient (Wildman–Crippen LogP) is 1.86. The Morgan fingerprint density at radius 2 is 2.16 bits per heavy atom. The molecule has 1 aromatic carbocycles. The van der Waals surface area contributed by atoms with E-state index < -0.39 is 0 Å². The highest BCUT2D eigenvalue weighted by molar-refractivity contribution is 5.32. The van der Waals surface area contributed by atoms with Crippen LogP contribution in [0.15, 0.2) is 24.3 Å². The third kappa shape index (κ3) is 2.69. The summed E-state index contributed by atoms with van der Waals surface area (Å²) in [6.45, 7) is 4.55. The zero-order valence-electron chi connectivity index (χ0n) is 12.1. The van der Waals surface area contributed by atoms with Crippen LogP contribution >= 0.6 is 0 Å². The first kappa shape index (κ1) is 13.1. The fourth-order valence-electron chi connectivity index (χ4n) is 3.56. The van der Waals surface area contributed by atoms with Gasteiger partial charge in [-0.25, -0.2) is 0 Å². The number of hydrogen-bond acceptors (Lipinski definition) is 3. The fourth-order valence-corrected chi connectivity index (χ4v) is 3.56. The number of rotatable bonds is 2. The van der Waals surface area contributed by atoms with Gasteiger partial charge in [0.15, 0.2) is 0 Å². The average Bonchev–Trinajstić information content (AvgIpc) is 2.46. The molecule has 1 fully saturated rings. The van der Waals surface area contributed by atoms with Crippen LogP contribution in [0.25, 0.3) is 0 Å². The highest BCUT2D eigenvalue weighted by atomic mass is 15.2. The van der Waals surface area contributed by atoms with Crippen molar-refractivity contribution in [2.24, 2.45) is 0 Å². The van der Waals surface area contributed by atoms with Gasteiger partial charge in [-0.3, -0.25) is 4.90 Å². The largest absolute Gasteiger partial charge is 0.311 e. The van der Waals surface area contributed by atoms with Crippen molar-refractivity contribution in [1.29, 1.82) is 0 Å². The van der Waals surface area contributed by atoms with Gasteiger partial charge in [-0.2, -0.15) is 0 Å². The van der Waals surface area contributed by atoms with E-state index >= 15 is 0 Å². The van der Waals surface area contributed by atoms with E-state index in [0.29, 0.717) is 12.1 Å². The van der Waals surface area contributed by atoms with Gasteiger partial charge in [-0.15, -0.1) is 0 Å². The lowest BCUT2D eigenvalue weighted by atomic mass is 9.93. The first-order valence-corrected chi connectivity index (χ1v) is 7.44. The second-order valence-corrected chi connectivity index (χ2v) is 6.07. The molecular weight excluding hydrogens is 234 g/mol. The number of likely N-dealkylation sites (tertiary alicyclic amines) is 1. The zero-order chi connectivity index (χ0) is 13.2. The number of nitrogens with one attached hydrogen (secondary N) is 1. The smallest absolute Gasteiger partial charge is 0.0476 e. The molecule has 0 bridgehead atoms. The van der Waals surface area contributed by atoms with Crippen molar-refractivity contribution >= 4 is 0 Å². The Morgan fingerprint density at radius 3 is 3.00 bits per heavy atom. The SMILES string of the molecule is CN1CCCC(N(C)C2CNCc3ccccc32)C1. The van der Waals surface area contributed by atoms with Gasteiger partial charge in [0, 0.05) is 31.7 Å². The molecule has 1 N–H and O–H groups in total. The number of fused-ring (bicyclic) bond motifs is 1. The molecule has 1 aromatic rings. The second-order valence-electron chi connectivity index (χ2n) is 6.07. The molecule has 2 atom stereocenters. The van der Waals surface area contributed by atoms with Gasteiger partial charge in [0.25, 0.3) is 0 Å². The quantitative estimate of drug-likeness (QED) is 0.874. The molecule has 3 nitrogen and oxygen atoms in total. The fraction of sp³-hybridized carbons (Fsp3) is 0.625. The predicted molar refractivity (Wildman–Crippen MR) is 79.2 cm³/mol. The van der Waals surface area contributed by atoms with Crippen molar-refractivity contribution in [3.63, 3.8) is 0 Å². The molecule has 2 unspecified atom stereocenters. The van der Waals surface area contributed by atoms with Crippen molar-refractivity contribution in [2.75, 3.05) is 33.7 Å². The average molecular weight is 259 g/mol. The first-order valence-electron chi connectivity index (χ1n) is 7.44. The summed E-state index contributed by atoms with van der Waals surface area (Å²) in [5, 5.41) is 3.57. The van der Waals surface area contributed by atoms with E-state index in [-0.39, 0.29) is 0 Å². The topological polar surface area (TPSA) is 18.5 Å². The maximum Gasteiger partial charge on any atom is 0.0476 e. The summed E-state index contributed by atoms with van der Waals surface area (Å²) >= 11 is 0. The lowest BCUT2D eigenvalue weighted by molar-refractivity contribution is 0.0942. The van der Waals surface area contributed by atoms with E-state index in [2.05, 4.69) is 53.5 Å². The molecule has 1 saturated heterocycles. The van der Waals surface area contributed by atoms with Crippen LogP contribution in [-0.4, -0.2) is 49.6 Å². The Morgan fingerprint density at radius 1 is 1.32 bits per heavy atom. The van der Waals surface area contributed by atoms with Crippen LogP contribution in [-0.2, 0) is 6.54 Å². The molecule has 0 radical (unpaired) electrons. The summed E-state index contributed by atoms with van der Waals surface area (Å²) in [5.41, 5.74) is 2.99.